The summed E-state index contributed by atoms with van der Waals surface area (Å²) in [4.78, 5) is 15.9. The molecule has 0 amide bonds. The Morgan fingerprint density at radius 1 is 1.50 bits per heavy atom. The maximum absolute atomic E-state index is 11.5. The normalized spacial score (nSPS) is 14.4. The van der Waals surface area contributed by atoms with Crippen LogP contribution in [0.2, 0.25) is 0 Å². The third-order valence-electron chi connectivity index (χ3n) is 3.93. The van der Waals surface area contributed by atoms with Crippen molar-refractivity contribution in [3.63, 3.8) is 0 Å². The Labute approximate surface area is 117 Å². The highest BCUT2D eigenvalue weighted by Crippen LogP contribution is 2.33. The molecule has 1 aromatic carbocycles. The number of fused-ring (bicyclic) bond motifs is 1. The fourth-order valence-electron chi connectivity index (χ4n) is 2.05. The van der Waals surface area contributed by atoms with E-state index in [2.05, 4.69) is 4.98 Å². The average Bonchev–Trinajstić information content (AvgIpc) is 2.79. The number of oxazole rings is 1. The lowest BCUT2D eigenvalue weighted by molar-refractivity contribution is -0.150. The van der Waals surface area contributed by atoms with Crippen LogP contribution in [0.15, 0.2) is 22.6 Å². The van der Waals surface area contributed by atoms with Crippen molar-refractivity contribution in [1.82, 2.24) is 4.98 Å². The van der Waals surface area contributed by atoms with E-state index in [0.29, 0.717) is 22.7 Å². The predicted octanol–water partition coefficient (Wildman–Crippen LogP) is 3.13. The maximum atomic E-state index is 11.5. The third kappa shape index (κ3) is 2.35. The van der Waals surface area contributed by atoms with Crippen LogP contribution in [-0.2, 0) is 11.2 Å². The van der Waals surface area contributed by atoms with Gasteiger partial charge in [-0.3, -0.25) is 4.79 Å². The van der Waals surface area contributed by atoms with Crippen LogP contribution in [0.5, 0.6) is 5.75 Å². The van der Waals surface area contributed by atoms with Crippen molar-refractivity contribution < 1.29 is 19.1 Å². The lowest BCUT2D eigenvalue weighted by Gasteiger charge is -2.27. The van der Waals surface area contributed by atoms with Gasteiger partial charge < -0.3 is 14.3 Å². The second kappa shape index (κ2) is 5.15. The van der Waals surface area contributed by atoms with Crippen LogP contribution in [0, 0.1) is 11.3 Å². The minimum atomic E-state index is -0.909. The number of carbonyl (C=O) groups is 1. The zero-order valence-corrected chi connectivity index (χ0v) is 12.1. The van der Waals surface area contributed by atoms with Gasteiger partial charge >= 0.3 is 5.97 Å². The molecule has 1 N–H and O–H groups in total. The number of benzene rings is 1. The molecule has 1 atom stereocenters. The standard InChI is InChI=1S/C15H19NO4/c1-9(2)15(3,14(17)18)8-12-16-13-10(19-4)6-5-7-11(13)20-12/h5-7,9H,8H2,1-4H3,(H,17,18). The highest BCUT2D eigenvalue weighted by Gasteiger charge is 2.38. The van der Waals surface area contributed by atoms with Crippen molar-refractivity contribution in [3.8, 4) is 5.75 Å². The molecule has 0 saturated carbocycles. The van der Waals surface area contributed by atoms with E-state index >= 15 is 0 Å². The van der Waals surface area contributed by atoms with E-state index in [9.17, 15) is 9.90 Å². The van der Waals surface area contributed by atoms with Gasteiger partial charge in [-0.15, -0.1) is 0 Å². The molecule has 2 aromatic rings. The number of carboxylic acids is 1. The lowest BCUT2D eigenvalue weighted by Crippen LogP contribution is -2.35. The molecule has 1 aromatic heterocycles. The minimum Gasteiger partial charge on any atom is -0.494 e. The summed E-state index contributed by atoms with van der Waals surface area (Å²) in [5, 5.41) is 9.45. The van der Waals surface area contributed by atoms with Crippen molar-refractivity contribution in [2.45, 2.75) is 27.2 Å². The highest BCUT2D eigenvalue weighted by atomic mass is 16.5. The second-order valence-corrected chi connectivity index (χ2v) is 5.47. The molecule has 0 aliphatic carbocycles. The number of para-hydroxylation sites is 1. The smallest absolute Gasteiger partial charge is 0.310 e. The van der Waals surface area contributed by atoms with Crippen molar-refractivity contribution >= 4 is 17.1 Å². The Balaban J connectivity index is 2.41. The quantitative estimate of drug-likeness (QED) is 0.909. The van der Waals surface area contributed by atoms with Gasteiger partial charge in [0.15, 0.2) is 17.0 Å². The van der Waals surface area contributed by atoms with Crippen LogP contribution in [0.3, 0.4) is 0 Å². The van der Waals surface area contributed by atoms with Gasteiger partial charge in [-0.1, -0.05) is 19.9 Å². The summed E-state index contributed by atoms with van der Waals surface area (Å²) in [5.41, 5.74) is 0.325. The van der Waals surface area contributed by atoms with Gasteiger partial charge in [0.2, 0.25) is 0 Å². The predicted molar refractivity (Wildman–Crippen MR) is 74.8 cm³/mol. The van der Waals surface area contributed by atoms with Crippen molar-refractivity contribution in [3.05, 3.63) is 24.1 Å². The van der Waals surface area contributed by atoms with Gasteiger partial charge in [0.25, 0.3) is 0 Å². The van der Waals surface area contributed by atoms with Crippen molar-refractivity contribution in [1.29, 1.82) is 0 Å². The minimum absolute atomic E-state index is 0.0306. The molecule has 5 nitrogen and oxygen atoms in total. The first-order chi connectivity index (χ1) is 9.38. The zero-order valence-electron chi connectivity index (χ0n) is 12.1. The van der Waals surface area contributed by atoms with Crippen LogP contribution >= 0.6 is 0 Å². The van der Waals surface area contributed by atoms with E-state index < -0.39 is 11.4 Å². The number of ether oxygens (including phenoxy) is 1. The molecule has 0 radical (unpaired) electrons. The van der Waals surface area contributed by atoms with E-state index in [1.54, 1.807) is 26.2 Å². The summed E-state index contributed by atoms with van der Waals surface area (Å²) >= 11 is 0. The topological polar surface area (TPSA) is 72.6 Å². The number of hydrogen-bond donors (Lipinski definition) is 1. The van der Waals surface area contributed by atoms with Gasteiger partial charge in [0.1, 0.15) is 5.75 Å². The molecule has 1 unspecified atom stereocenters. The van der Waals surface area contributed by atoms with E-state index in [4.69, 9.17) is 9.15 Å². The monoisotopic (exact) mass is 277 g/mol. The van der Waals surface area contributed by atoms with Crippen LogP contribution in [-0.4, -0.2) is 23.2 Å². The SMILES string of the molecule is COc1cccc2oc(CC(C)(C(=O)O)C(C)C)nc12. The fourth-order valence-corrected chi connectivity index (χ4v) is 2.05. The number of aromatic nitrogens is 1. The number of rotatable bonds is 5. The summed E-state index contributed by atoms with van der Waals surface area (Å²) in [7, 11) is 1.57. The molecule has 20 heavy (non-hydrogen) atoms. The van der Waals surface area contributed by atoms with Gasteiger partial charge in [0.05, 0.1) is 12.5 Å². The van der Waals surface area contributed by atoms with Crippen LogP contribution < -0.4 is 4.74 Å². The van der Waals surface area contributed by atoms with Crippen molar-refractivity contribution in [2.75, 3.05) is 7.11 Å². The molecule has 0 saturated heterocycles. The van der Waals surface area contributed by atoms with Gasteiger partial charge in [0, 0.05) is 6.42 Å². The van der Waals surface area contributed by atoms with Gasteiger partial charge in [-0.25, -0.2) is 4.98 Å². The summed E-state index contributed by atoms with van der Waals surface area (Å²) in [6.07, 6.45) is 0.248. The molecule has 108 valence electrons. The Bertz CT molecular complexity index is 632. The number of nitrogens with zero attached hydrogens (tertiary/aromatic N) is 1. The number of carboxylic acid groups (broad SMARTS) is 1. The Morgan fingerprint density at radius 3 is 2.75 bits per heavy atom. The number of methoxy groups -OCH3 is 1. The van der Waals surface area contributed by atoms with E-state index in [1.807, 2.05) is 19.9 Å². The maximum Gasteiger partial charge on any atom is 0.310 e. The van der Waals surface area contributed by atoms with Crippen LogP contribution in [0.1, 0.15) is 26.7 Å². The average molecular weight is 277 g/mol. The molecule has 0 aliphatic rings. The molecular weight excluding hydrogens is 258 g/mol. The lowest BCUT2D eigenvalue weighted by atomic mass is 9.76. The second-order valence-electron chi connectivity index (χ2n) is 5.47. The van der Waals surface area contributed by atoms with E-state index in [-0.39, 0.29) is 12.3 Å². The summed E-state index contributed by atoms with van der Waals surface area (Å²) < 4.78 is 10.9. The van der Waals surface area contributed by atoms with Gasteiger partial charge in [-0.05, 0) is 25.0 Å². The molecule has 0 fully saturated rings. The molecule has 2 rings (SSSR count). The molecular formula is C15H19NO4. The van der Waals surface area contributed by atoms with Gasteiger partial charge in [-0.2, -0.15) is 0 Å². The molecule has 0 aliphatic heterocycles. The third-order valence-corrected chi connectivity index (χ3v) is 3.93. The Hall–Kier alpha value is -2.04. The van der Waals surface area contributed by atoms with Crippen LogP contribution in [0.4, 0.5) is 0 Å². The fraction of sp³-hybridized carbons (Fsp3) is 0.467. The summed E-state index contributed by atoms with van der Waals surface area (Å²) in [5.74, 6) is 0.167. The number of hydrogen-bond acceptors (Lipinski definition) is 4. The summed E-state index contributed by atoms with van der Waals surface area (Å²) in [6, 6.07) is 5.41. The summed E-state index contributed by atoms with van der Waals surface area (Å²) in [6.45, 7) is 5.49. The number of aliphatic carboxylic acids is 1. The molecule has 0 spiro atoms. The first-order valence-corrected chi connectivity index (χ1v) is 6.54. The largest absolute Gasteiger partial charge is 0.494 e. The Kier molecular flexibility index (Phi) is 3.70. The highest BCUT2D eigenvalue weighted by molar-refractivity contribution is 5.80. The van der Waals surface area contributed by atoms with E-state index in [0.717, 1.165) is 0 Å². The molecule has 0 bridgehead atoms. The first-order valence-electron chi connectivity index (χ1n) is 6.54. The molecule has 5 heteroatoms. The first kappa shape index (κ1) is 14.4. The van der Waals surface area contributed by atoms with E-state index in [1.165, 1.54) is 0 Å². The Morgan fingerprint density at radius 2 is 2.20 bits per heavy atom. The van der Waals surface area contributed by atoms with Crippen LogP contribution in [0.25, 0.3) is 11.1 Å². The molecule has 1 heterocycles. The van der Waals surface area contributed by atoms with Crippen molar-refractivity contribution in [2.24, 2.45) is 11.3 Å². The zero-order chi connectivity index (χ0) is 14.9.